The van der Waals surface area contributed by atoms with Gasteiger partial charge in [0.25, 0.3) is 5.91 Å². The number of nitrogens with two attached hydrogens (primary N) is 1. The first-order valence-corrected chi connectivity index (χ1v) is 4.39. The van der Waals surface area contributed by atoms with Crippen LogP contribution in [0.5, 0.6) is 0 Å². The van der Waals surface area contributed by atoms with Gasteiger partial charge in [-0.05, 0) is 17.7 Å². The molecule has 0 spiro atoms. The van der Waals surface area contributed by atoms with E-state index in [0.717, 1.165) is 5.56 Å². The first-order valence-electron chi connectivity index (χ1n) is 4.39. The number of rotatable bonds is 3. The van der Waals surface area contributed by atoms with Gasteiger partial charge in [-0.2, -0.15) is 0 Å². The fraction of sp³-hybridized carbons (Fsp3) is 0.100. The second kappa shape index (κ2) is 3.91. The van der Waals surface area contributed by atoms with Crippen LogP contribution in [-0.2, 0) is 6.42 Å². The van der Waals surface area contributed by atoms with Crippen molar-refractivity contribution in [3.63, 3.8) is 0 Å². The van der Waals surface area contributed by atoms with Crippen LogP contribution in [0.15, 0.2) is 35.2 Å². The van der Waals surface area contributed by atoms with Gasteiger partial charge >= 0.3 is 0 Å². The van der Waals surface area contributed by atoms with Crippen molar-refractivity contribution in [1.29, 1.82) is 0 Å². The van der Waals surface area contributed by atoms with E-state index in [1.807, 2.05) is 12.1 Å². The first-order chi connectivity index (χ1) is 7.25. The highest BCUT2D eigenvalue weighted by molar-refractivity contribution is 5.90. The Bertz CT molecular complexity index is 465. The summed E-state index contributed by atoms with van der Waals surface area (Å²) in [5, 5.41) is 0. The van der Waals surface area contributed by atoms with Gasteiger partial charge in [0.05, 0.1) is 0 Å². The van der Waals surface area contributed by atoms with Gasteiger partial charge in [0, 0.05) is 18.8 Å². The minimum Gasteiger partial charge on any atom is -0.448 e. The van der Waals surface area contributed by atoms with E-state index in [4.69, 9.17) is 10.2 Å². The molecule has 0 aliphatic heterocycles. The van der Waals surface area contributed by atoms with Crippen molar-refractivity contribution in [1.82, 2.24) is 9.97 Å². The molecule has 2 N–H and O–H groups in total. The van der Waals surface area contributed by atoms with E-state index < -0.39 is 5.91 Å². The molecule has 0 saturated heterocycles. The standard InChI is InChI=1S/C10H9N3O2/c11-10(14)8-6-15-9(13-8)5-7-1-3-12-4-2-7/h1-4,6H,5H2,(H2,11,14). The predicted octanol–water partition coefficient (Wildman–Crippen LogP) is 0.759. The molecule has 5 nitrogen and oxygen atoms in total. The van der Waals surface area contributed by atoms with E-state index in [0.29, 0.717) is 12.3 Å². The number of primary amides is 1. The Morgan fingerprint density at radius 3 is 2.73 bits per heavy atom. The summed E-state index contributed by atoms with van der Waals surface area (Å²) >= 11 is 0. The SMILES string of the molecule is NC(=O)c1coc(Cc2ccncc2)n1. The van der Waals surface area contributed by atoms with Crippen molar-refractivity contribution in [2.75, 3.05) is 0 Å². The Balaban J connectivity index is 2.15. The number of oxazole rings is 1. The number of hydrogen-bond donors (Lipinski definition) is 1. The van der Waals surface area contributed by atoms with Gasteiger partial charge in [-0.15, -0.1) is 0 Å². The zero-order valence-corrected chi connectivity index (χ0v) is 7.88. The molecule has 1 amide bonds. The smallest absolute Gasteiger partial charge is 0.270 e. The number of aromatic nitrogens is 2. The molecule has 5 heteroatoms. The molecule has 2 aromatic heterocycles. The highest BCUT2D eigenvalue weighted by atomic mass is 16.3. The second-order valence-electron chi connectivity index (χ2n) is 3.02. The molecule has 76 valence electrons. The Labute approximate surface area is 86.0 Å². The molecular weight excluding hydrogens is 194 g/mol. The molecule has 0 unspecified atom stereocenters. The van der Waals surface area contributed by atoms with Gasteiger partial charge in [-0.25, -0.2) is 4.98 Å². The Morgan fingerprint density at radius 2 is 2.13 bits per heavy atom. The summed E-state index contributed by atoms with van der Waals surface area (Å²) in [6.45, 7) is 0. The van der Waals surface area contributed by atoms with Gasteiger partial charge in [0.1, 0.15) is 6.26 Å². The lowest BCUT2D eigenvalue weighted by Crippen LogP contribution is -2.11. The summed E-state index contributed by atoms with van der Waals surface area (Å²) in [4.78, 5) is 18.6. The van der Waals surface area contributed by atoms with E-state index in [2.05, 4.69) is 9.97 Å². The van der Waals surface area contributed by atoms with Crippen LogP contribution in [0.3, 0.4) is 0 Å². The third-order valence-corrected chi connectivity index (χ3v) is 1.91. The summed E-state index contributed by atoms with van der Waals surface area (Å²) in [5.41, 5.74) is 6.22. The number of nitrogens with zero attached hydrogens (tertiary/aromatic N) is 2. The lowest BCUT2D eigenvalue weighted by atomic mass is 10.2. The van der Waals surface area contributed by atoms with E-state index in [1.54, 1.807) is 12.4 Å². The summed E-state index contributed by atoms with van der Waals surface area (Å²) in [6.07, 6.45) is 5.16. The van der Waals surface area contributed by atoms with Crippen LogP contribution in [0.25, 0.3) is 0 Å². The summed E-state index contributed by atoms with van der Waals surface area (Å²) < 4.78 is 5.10. The quantitative estimate of drug-likeness (QED) is 0.798. The minimum absolute atomic E-state index is 0.152. The number of carbonyl (C=O) groups excluding carboxylic acids is 1. The molecule has 0 aliphatic carbocycles. The molecule has 0 fully saturated rings. The summed E-state index contributed by atoms with van der Waals surface area (Å²) in [7, 11) is 0. The zero-order chi connectivity index (χ0) is 10.7. The van der Waals surface area contributed by atoms with Gasteiger partial charge in [-0.3, -0.25) is 9.78 Å². The third-order valence-electron chi connectivity index (χ3n) is 1.91. The molecule has 0 aliphatic rings. The monoisotopic (exact) mass is 203 g/mol. The van der Waals surface area contributed by atoms with Gasteiger partial charge in [0.15, 0.2) is 11.6 Å². The first kappa shape index (κ1) is 9.39. The molecule has 0 bridgehead atoms. The van der Waals surface area contributed by atoms with Crippen LogP contribution in [-0.4, -0.2) is 15.9 Å². The fourth-order valence-electron chi connectivity index (χ4n) is 1.18. The van der Waals surface area contributed by atoms with E-state index in [-0.39, 0.29) is 5.69 Å². The Morgan fingerprint density at radius 1 is 1.40 bits per heavy atom. The van der Waals surface area contributed by atoms with Crippen molar-refractivity contribution >= 4 is 5.91 Å². The van der Waals surface area contributed by atoms with Crippen LogP contribution < -0.4 is 5.73 Å². The highest BCUT2D eigenvalue weighted by Crippen LogP contribution is 2.08. The van der Waals surface area contributed by atoms with E-state index >= 15 is 0 Å². The van der Waals surface area contributed by atoms with Crippen LogP contribution in [0.4, 0.5) is 0 Å². The highest BCUT2D eigenvalue weighted by Gasteiger charge is 2.08. The lowest BCUT2D eigenvalue weighted by Gasteiger charge is -1.94. The topological polar surface area (TPSA) is 82.0 Å². The number of carbonyl (C=O) groups is 1. The van der Waals surface area contributed by atoms with Crippen LogP contribution in [0, 0.1) is 0 Å². The van der Waals surface area contributed by atoms with E-state index in [9.17, 15) is 4.79 Å². The average Bonchev–Trinajstić information content (AvgIpc) is 2.68. The molecular formula is C10H9N3O2. The van der Waals surface area contributed by atoms with Crippen molar-refractivity contribution < 1.29 is 9.21 Å². The van der Waals surface area contributed by atoms with Gasteiger partial charge in [-0.1, -0.05) is 0 Å². The van der Waals surface area contributed by atoms with Gasteiger partial charge < -0.3 is 10.2 Å². The summed E-state index contributed by atoms with van der Waals surface area (Å²) in [5.74, 6) is -0.116. The maximum Gasteiger partial charge on any atom is 0.270 e. The average molecular weight is 203 g/mol. The molecule has 0 radical (unpaired) electrons. The lowest BCUT2D eigenvalue weighted by molar-refractivity contribution is 0.0995. The molecule has 2 rings (SSSR count). The molecule has 15 heavy (non-hydrogen) atoms. The predicted molar refractivity (Wildman–Crippen MR) is 52.1 cm³/mol. The van der Waals surface area contributed by atoms with Crippen LogP contribution >= 0.6 is 0 Å². The largest absolute Gasteiger partial charge is 0.448 e. The fourth-order valence-corrected chi connectivity index (χ4v) is 1.18. The van der Waals surface area contributed by atoms with Crippen molar-refractivity contribution in [3.05, 3.63) is 47.9 Å². The van der Waals surface area contributed by atoms with Crippen molar-refractivity contribution in [2.24, 2.45) is 5.73 Å². The maximum atomic E-state index is 10.8. The van der Waals surface area contributed by atoms with Crippen molar-refractivity contribution in [3.8, 4) is 0 Å². The third kappa shape index (κ3) is 2.19. The van der Waals surface area contributed by atoms with Gasteiger partial charge in [0.2, 0.25) is 0 Å². The minimum atomic E-state index is -0.584. The zero-order valence-electron chi connectivity index (χ0n) is 7.88. The van der Waals surface area contributed by atoms with Crippen LogP contribution in [0.2, 0.25) is 0 Å². The van der Waals surface area contributed by atoms with Crippen molar-refractivity contribution in [2.45, 2.75) is 6.42 Å². The molecule has 0 atom stereocenters. The number of hydrogen-bond acceptors (Lipinski definition) is 4. The normalized spacial score (nSPS) is 10.1. The summed E-state index contributed by atoms with van der Waals surface area (Å²) in [6, 6.07) is 3.71. The number of amides is 1. The molecule has 0 saturated carbocycles. The van der Waals surface area contributed by atoms with E-state index in [1.165, 1.54) is 6.26 Å². The molecule has 2 aromatic rings. The maximum absolute atomic E-state index is 10.8. The Hall–Kier alpha value is -2.17. The molecule has 2 heterocycles. The number of pyridine rings is 1. The molecule has 0 aromatic carbocycles. The second-order valence-corrected chi connectivity index (χ2v) is 3.02. The van der Waals surface area contributed by atoms with Crippen LogP contribution in [0.1, 0.15) is 21.9 Å². The Kier molecular flexibility index (Phi) is 2.45.